The number of carbonyl (C=O) groups is 3. The van der Waals surface area contributed by atoms with Crippen LogP contribution in [0.15, 0.2) is 29.7 Å². The van der Waals surface area contributed by atoms with E-state index in [4.69, 9.17) is 15.5 Å². The molecule has 2 heterocycles. The first kappa shape index (κ1) is 21.3. The van der Waals surface area contributed by atoms with Crippen molar-refractivity contribution in [1.82, 2.24) is 10.3 Å². The zero-order valence-electron chi connectivity index (χ0n) is 15.6. The van der Waals surface area contributed by atoms with Crippen molar-refractivity contribution < 1.29 is 34.3 Å². The number of rotatable bonds is 7. The molecule has 1 aromatic heterocycles. The van der Waals surface area contributed by atoms with Crippen LogP contribution in [0.3, 0.4) is 0 Å². The van der Waals surface area contributed by atoms with Crippen LogP contribution >= 0.6 is 11.3 Å². The van der Waals surface area contributed by atoms with E-state index in [2.05, 4.69) is 10.3 Å². The summed E-state index contributed by atoms with van der Waals surface area (Å²) in [5.74, 6) is -3.58. The highest BCUT2D eigenvalue weighted by Crippen LogP contribution is 2.30. The van der Waals surface area contributed by atoms with Crippen molar-refractivity contribution >= 4 is 47.0 Å². The molecule has 0 radical (unpaired) electrons. The number of hydrogen-bond acceptors (Lipinski definition) is 8. The number of carbonyl (C=O) groups excluding carboxylic acids is 1. The average Bonchev–Trinajstić information content (AvgIpc) is 3.10. The second-order valence-electron chi connectivity index (χ2n) is 6.51. The number of nitrogens with one attached hydrogen (secondary N) is 1. The summed E-state index contributed by atoms with van der Waals surface area (Å²) in [7, 11) is -1.47. The number of aliphatic carboxylic acids is 1. The number of fused-ring (bicyclic) bond motifs is 1. The Morgan fingerprint density at radius 3 is 2.77 bits per heavy atom. The van der Waals surface area contributed by atoms with Gasteiger partial charge in [-0.3, -0.25) is 9.59 Å². The number of aromatic carboxylic acids is 1. The lowest BCUT2D eigenvalue weighted by molar-refractivity contribution is -0.136. The van der Waals surface area contributed by atoms with Gasteiger partial charge in [0.05, 0.1) is 22.8 Å². The summed E-state index contributed by atoms with van der Waals surface area (Å²) in [4.78, 5) is 39.1. The van der Waals surface area contributed by atoms with Gasteiger partial charge >= 0.3 is 19.1 Å². The number of allylic oxidation sites excluding steroid dienone is 1. The Hall–Kier alpha value is -3.38. The maximum Gasteiger partial charge on any atom is 0.547 e. The molecule has 1 atom stereocenters. The number of nitrogen functional groups attached to an aromatic ring is 1. The zero-order valence-corrected chi connectivity index (χ0v) is 16.4. The predicted molar refractivity (Wildman–Crippen MR) is 109 cm³/mol. The van der Waals surface area contributed by atoms with Gasteiger partial charge in [0.1, 0.15) is 5.75 Å². The van der Waals surface area contributed by atoms with E-state index in [0.717, 1.165) is 11.3 Å². The number of nitrogens with zero attached hydrogens (tertiary/aromatic N) is 1. The highest BCUT2D eigenvalue weighted by atomic mass is 32.1. The fourth-order valence-corrected chi connectivity index (χ4v) is 3.59. The van der Waals surface area contributed by atoms with Gasteiger partial charge in [-0.1, -0.05) is 18.2 Å². The summed E-state index contributed by atoms with van der Waals surface area (Å²) in [5, 5.41) is 32.9. The Kier molecular flexibility index (Phi) is 6.38. The molecule has 0 spiro atoms. The SMILES string of the molecule is Nc1nc(C(=CCCC(=O)O)C(=O)NC2Cc3cccc(C(=O)O)c3OB2O)cs1. The lowest BCUT2D eigenvalue weighted by atomic mass is 9.72. The fraction of sp³-hybridized carbons (Fsp3) is 0.222. The smallest absolute Gasteiger partial charge is 0.534 e. The van der Waals surface area contributed by atoms with E-state index in [1.165, 1.54) is 12.1 Å². The van der Waals surface area contributed by atoms with Crippen molar-refractivity contribution in [1.29, 1.82) is 0 Å². The normalized spacial score (nSPS) is 15.8. The zero-order chi connectivity index (χ0) is 21.8. The molecule has 1 aromatic carbocycles. The third-order valence-corrected chi connectivity index (χ3v) is 5.09. The molecule has 0 saturated heterocycles. The van der Waals surface area contributed by atoms with E-state index in [0.29, 0.717) is 11.3 Å². The van der Waals surface area contributed by atoms with Gasteiger partial charge in [0.15, 0.2) is 5.13 Å². The summed E-state index contributed by atoms with van der Waals surface area (Å²) < 4.78 is 5.37. The van der Waals surface area contributed by atoms with Crippen LogP contribution in [-0.4, -0.2) is 51.1 Å². The third-order valence-electron chi connectivity index (χ3n) is 4.42. The van der Waals surface area contributed by atoms with Crippen LogP contribution in [0.1, 0.15) is 34.5 Å². The molecule has 10 nitrogen and oxygen atoms in total. The minimum Gasteiger partial charge on any atom is -0.534 e. The van der Waals surface area contributed by atoms with Gasteiger partial charge in [0, 0.05) is 11.8 Å². The molecule has 0 bridgehead atoms. The average molecular weight is 431 g/mol. The molecule has 1 unspecified atom stereocenters. The van der Waals surface area contributed by atoms with E-state index < -0.39 is 30.9 Å². The molecule has 0 fully saturated rings. The number of hydrogen-bond donors (Lipinski definition) is 5. The van der Waals surface area contributed by atoms with Crippen LogP contribution in [0.25, 0.3) is 5.57 Å². The quantitative estimate of drug-likeness (QED) is 0.314. The van der Waals surface area contributed by atoms with Gasteiger partial charge < -0.3 is 30.9 Å². The van der Waals surface area contributed by atoms with Gasteiger partial charge in [0.25, 0.3) is 5.91 Å². The Morgan fingerprint density at radius 2 is 2.13 bits per heavy atom. The number of aromatic nitrogens is 1. The largest absolute Gasteiger partial charge is 0.547 e. The molecule has 1 aliphatic heterocycles. The van der Waals surface area contributed by atoms with E-state index in [9.17, 15) is 24.5 Å². The Labute approximate surface area is 175 Å². The van der Waals surface area contributed by atoms with Gasteiger partial charge in [-0.2, -0.15) is 0 Å². The second-order valence-corrected chi connectivity index (χ2v) is 7.40. The molecule has 1 amide bonds. The maximum absolute atomic E-state index is 12.9. The van der Waals surface area contributed by atoms with Crippen LogP contribution in [0.4, 0.5) is 5.13 Å². The molecule has 3 rings (SSSR count). The molecule has 12 heteroatoms. The highest BCUT2D eigenvalue weighted by molar-refractivity contribution is 7.13. The highest BCUT2D eigenvalue weighted by Gasteiger charge is 2.38. The Balaban J connectivity index is 1.81. The standard InChI is InChI=1S/C18H18BN3O7S/c20-18-21-12(8-30-18)10(4-2-6-14(23)24)16(25)22-13-7-9-3-1-5-11(17(26)27)15(9)29-19(13)28/h1,3-5,8,13,28H,2,6-7H2,(H2,20,21)(H,22,25)(H,23,24)(H,26,27). The van der Waals surface area contributed by atoms with Crippen LogP contribution < -0.4 is 15.7 Å². The molecular formula is C18H18BN3O7S. The fourth-order valence-electron chi connectivity index (χ4n) is 3.03. The van der Waals surface area contributed by atoms with Crippen molar-refractivity contribution in [3.05, 3.63) is 46.5 Å². The van der Waals surface area contributed by atoms with Crippen LogP contribution in [-0.2, 0) is 16.0 Å². The molecule has 1 aliphatic rings. The van der Waals surface area contributed by atoms with E-state index in [-0.39, 0.29) is 41.3 Å². The van der Waals surface area contributed by atoms with Crippen molar-refractivity contribution in [3.8, 4) is 5.75 Å². The van der Waals surface area contributed by atoms with Crippen molar-refractivity contribution in [3.63, 3.8) is 0 Å². The van der Waals surface area contributed by atoms with Gasteiger partial charge in [-0.25, -0.2) is 9.78 Å². The molecule has 30 heavy (non-hydrogen) atoms. The van der Waals surface area contributed by atoms with Crippen LogP contribution in [0.5, 0.6) is 5.75 Å². The number of carboxylic acid groups (broad SMARTS) is 2. The first-order valence-corrected chi connectivity index (χ1v) is 9.78. The van der Waals surface area contributed by atoms with E-state index in [1.807, 2.05) is 0 Å². The van der Waals surface area contributed by atoms with Gasteiger partial charge in [0.2, 0.25) is 0 Å². The molecule has 6 N–H and O–H groups in total. The minimum atomic E-state index is -1.47. The summed E-state index contributed by atoms with van der Waals surface area (Å²) in [6, 6.07) is 4.57. The number of carboxylic acids is 2. The summed E-state index contributed by atoms with van der Waals surface area (Å²) in [5.41, 5.74) is 6.50. The van der Waals surface area contributed by atoms with Crippen molar-refractivity contribution in [2.75, 3.05) is 5.73 Å². The molecular weight excluding hydrogens is 413 g/mol. The van der Waals surface area contributed by atoms with Gasteiger partial charge in [-0.15, -0.1) is 11.3 Å². The molecule has 0 saturated carbocycles. The van der Waals surface area contributed by atoms with Crippen molar-refractivity contribution in [2.45, 2.75) is 25.2 Å². The lowest BCUT2D eigenvalue weighted by Crippen LogP contribution is -2.53. The van der Waals surface area contributed by atoms with Crippen LogP contribution in [0, 0.1) is 0 Å². The number of para-hydroxylation sites is 1. The lowest BCUT2D eigenvalue weighted by Gasteiger charge is -2.29. The Morgan fingerprint density at radius 1 is 1.37 bits per heavy atom. The minimum absolute atomic E-state index is 0.0625. The summed E-state index contributed by atoms with van der Waals surface area (Å²) in [6.45, 7) is 0. The summed E-state index contributed by atoms with van der Waals surface area (Å²) in [6.07, 6.45) is 1.52. The van der Waals surface area contributed by atoms with Gasteiger partial charge in [-0.05, 0) is 24.5 Å². The van der Waals surface area contributed by atoms with Crippen molar-refractivity contribution in [2.24, 2.45) is 0 Å². The summed E-state index contributed by atoms with van der Waals surface area (Å²) >= 11 is 1.13. The predicted octanol–water partition coefficient (Wildman–Crippen LogP) is 0.811. The number of benzene rings is 1. The number of nitrogens with two attached hydrogens (primary N) is 1. The third kappa shape index (κ3) is 4.78. The number of thiazole rings is 1. The number of amides is 1. The number of anilines is 1. The van der Waals surface area contributed by atoms with E-state index >= 15 is 0 Å². The first-order valence-electron chi connectivity index (χ1n) is 8.90. The molecule has 0 aliphatic carbocycles. The monoisotopic (exact) mass is 431 g/mol. The van der Waals surface area contributed by atoms with E-state index in [1.54, 1.807) is 17.5 Å². The molecule has 2 aromatic rings. The maximum atomic E-state index is 12.9. The topological polar surface area (TPSA) is 172 Å². The Bertz CT molecular complexity index is 1020. The second kappa shape index (κ2) is 8.97. The van der Waals surface area contributed by atoms with Crippen LogP contribution in [0.2, 0.25) is 0 Å². The molecule has 156 valence electrons. The first-order chi connectivity index (χ1) is 14.3.